The highest BCUT2D eigenvalue weighted by molar-refractivity contribution is 5.73. The maximum atomic E-state index is 11.7. The van der Waals surface area contributed by atoms with Crippen molar-refractivity contribution in [2.24, 2.45) is 5.92 Å². The van der Waals surface area contributed by atoms with Crippen LogP contribution in [0.25, 0.3) is 0 Å². The summed E-state index contributed by atoms with van der Waals surface area (Å²) in [6.45, 7) is 0. The van der Waals surface area contributed by atoms with Crippen LogP contribution in [0, 0.1) is 5.92 Å². The normalized spacial score (nSPS) is 27.6. The molecule has 0 saturated carbocycles. The molecule has 0 unspecified atom stereocenters. The van der Waals surface area contributed by atoms with Gasteiger partial charge in [-0.1, -0.05) is 54.6 Å². The third-order valence-electron chi connectivity index (χ3n) is 4.56. The molecule has 20 heavy (non-hydrogen) atoms. The maximum Gasteiger partial charge on any atom is 0.306 e. The van der Waals surface area contributed by atoms with Gasteiger partial charge in [-0.15, -0.1) is 0 Å². The van der Waals surface area contributed by atoms with Gasteiger partial charge in [0.2, 0.25) is 0 Å². The van der Waals surface area contributed by atoms with E-state index in [2.05, 4.69) is 48.5 Å². The monoisotopic (exact) mass is 264 g/mol. The summed E-state index contributed by atoms with van der Waals surface area (Å²) in [5.41, 5.74) is 3.96. The Balaban J connectivity index is 1.86. The Morgan fingerprint density at radius 3 is 2.50 bits per heavy atom. The van der Waals surface area contributed by atoms with Gasteiger partial charge in [0.15, 0.2) is 0 Å². The topological polar surface area (TPSA) is 26.3 Å². The zero-order chi connectivity index (χ0) is 13.5. The first-order valence-corrected chi connectivity index (χ1v) is 7.15. The highest BCUT2D eigenvalue weighted by atomic mass is 16.5. The minimum absolute atomic E-state index is 0.0441. The van der Waals surface area contributed by atoms with Crippen molar-refractivity contribution >= 4 is 5.97 Å². The summed E-state index contributed by atoms with van der Waals surface area (Å²) < 4.78 is 5.53. The van der Waals surface area contributed by atoms with Crippen LogP contribution in [0.2, 0.25) is 0 Å². The van der Waals surface area contributed by atoms with Crippen LogP contribution in [-0.4, -0.2) is 12.1 Å². The van der Waals surface area contributed by atoms with Gasteiger partial charge in [0.25, 0.3) is 0 Å². The van der Waals surface area contributed by atoms with Crippen molar-refractivity contribution in [3.8, 4) is 0 Å². The number of rotatable bonds is 1. The van der Waals surface area contributed by atoms with Gasteiger partial charge >= 0.3 is 5.97 Å². The molecule has 1 aliphatic carbocycles. The molecule has 2 aromatic carbocycles. The van der Waals surface area contributed by atoms with Gasteiger partial charge in [0.1, 0.15) is 6.10 Å². The molecule has 0 amide bonds. The van der Waals surface area contributed by atoms with Crippen LogP contribution in [0.15, 0.2) is 54.6 Å². The zero-order valence-corrected chi connectivity index (χ0v) is 11.2. The van der Waals surface area contributed by atoms with E-state index >= 15 is 0 Å². The van der Waals surface area contributed by atoms with Crippen LogP contribution in [0.5, 0.6) is 0 Å². The van der Waals surface area contributed by atoms with E-state index in [-0.39, 0.29) is 23.9 Å². The molecule has 2 heteroatoms. The molecule has 0 aromatic heterocycles. The third kappa shape index (κ3) is 1.75. The molecule has 1 saturated heterocycles. The molecule has 0 radical (unpaired) electrons. The van der Waals surface area contributed by atoms with Crippen LogP contribution >= 0.6 is 0 Å². The van der Waals surface area contributed by atoms with E-state index in [0.29, 0.717) is 6.42 Å². The summed E-state index contributed by atoms with van der Waals surface area (Å²) in [5, 5.41) is 0. The summed E-state index contributed by atoms with van der Waals surface area (Å²) in [5.74, 6) is 0.506. The average molecular weight is 264 g/mol. The minimum atomic E-state index is -0.0475. The predicted molar refractivity (Wildman–Crippen MR) is 76.4 cm³/mol. The lowest BCUT2D eigenvalue weighted by atomic mass is 9.70. The van der Waals surface area contributed by atoms with Gasteiger partial charge in [-0.3, -0.25) is 4.79 Å². The Morgan fingerprint density at radius 2 is 1.65 bits per heavy atom. The molecule has 100 valence electrons. The largest absolute Gasteiger partial charge is 0.462 e. The molecule has 2 nitrogen and oxygen atoms in total. The van der Waals surface area contributed by atoms with Crippen molar-refractivity contribution in [2.45, 2.75) is 24.9 Å². The van der Waals surface area contributed by atoms with Crippen LogP contribution < -0.4 is 0 Å². The van der Waals surface area contributed by atoms with Crippen LogP contribution in [0.1, 0.15) is 29.0 Å². The van der Waals surface area contributed by atoms with E-state index in [0.717, 1.165) is 6.42 Å². The van der Waals surface area contributed by atoms with Crippen molar-refractivity contribution in [1.29, 1.82) is 0 Å². The molecule has 2 aromatic rings. The van der Waals surface area contributed by atoms with Gasteiger partial charge in [-0.05, 0) is 16.7 Å². The number of fused-ring (bicyclic) bond motifs is 2. The molecule has 2 aliphatic rings. The summed E-state index contributed by atoms with van der Waals surface area (Å²) >= 11 is 0. The van der Waals surface area contributed by atoms with E-state index < -0.39 is 0 Å². The SMILES string of the molecule is O=C1C[C@@H]2[C@@H](c3ccccc3)c3ccccc3C[C@H]2O1. The molecule has 1 heterocycles. The number of carbonyl (C=O) groups is 1. The summed E-state index contributed by atoms with van der Waals surface area (Å²) in [7, 11) is 0. The first-order chi connectivity index (χ1) is 9.83. The van der Waals surface area contributed by atoms with E-state index in [1.54, 1.807) is 0 Å². The van der Waals surface area contributed by atoms with Crippen molar-refractivity contribution < 1.29 is 9.53 Å². The third-order valence-corrected chi connectivity index (χ3v) is 4.56. The first-order valence-electron chi connectivity index (χ1n) is 7.15. The fourth-order valence-electron chi connectivity index (χ4n) is 3.71. The van der Waals surface area contributed by atoms with Crippen LogP contribution in [0.4, 0.5) is 0 Å². The van der Waals surface area contributed by atoms with Crippen LogP contribution in [0.3, 0.4) is 0 Å². The molecule has 4 rings (SSSR count). The molecular formula is C18H16O2. The van der Waals surface area contributed by atoms with Crippen molar-refractivity contribution in [2.75, 3.05) is 0 Å². The molecule has 0 spiro atoms. The lowest BCUT2D eigenvalue weighted by molar-refractivity contribution is -0.141. The fraction of sp³-hybridized carbons (Fsp3) is 0.278. The van der Waals surface area contributed by atoms with Crippen LogP contribution in [-0.2, 0) is 16.0 Å². The summed E-state index contributed by atoms with van der Waals surface area (Å²) in [6.07, 6.45) is 1.44. The van der Waals surface area contributed by atoms with Crippen molar-refractivity contribution in [3.05, 3.63) is 71.3 Å². The van der Waals surface area contributed by atoms with Gasteiger partial charge in [0, 0.05) is 18.3 Å². The molecule has 0 N–H and O–H groups in total. The smallest absolute Gasteiger partial charge is 0.306 e. The predicted octanol–water partition coefficient (Wildman–Crippen LogP) is 3.31. The Kier molecular flexibility index (Phi) is 2.62. The molecule has 1 fully saturated rings. The highest BCUT2D eigenvalue weighted by Crippen LogP contribution is 2.46. The van der Waals surface area contributed by atoms with Gasteiger partial charge in [0.05, 0.1) is 6.42 Å². The summed E-state index contributed by atoms with van der Waals surface area (Å²) in [6, 6.07) is 19.0. The number of ether oxygens (including phenoxy) is 1. The molecule has 1 aliphatic heterocycles. The molecule has 0 bridgehead atoms. The summed E-state index contributed by atoms with van der Waals surface area (Å²) in [4.78, 5) is 11.7. The number of hydrogen-bond donors (Lipinski definition) is 0. The Labute approximate surface area is 118 Å². The lowest BCUT2D eigenvalue weighted by Crippen LogP contribution is -2.31. The van der Waals surface area contributed by atoms with Gasteiger partial charge in [-0.25, -0.2) is 0 Å². The second-order valence-electron chi connectivity index (χ2n) is 5.69. The first kappa shape index (κ1) is 11.7. The minimum Gasteiger partial charge on any atom is -0.462 e. The highest BCUT2D eigenvalue weighted by Gasteiger charge is 2.44. The zero-order valence-electron chi connectivity index (χ0n) is 11.2. The number of hydrogen-bond acceptors (Lipinski definition) is 2. The fourth-order valence-corrected chi connectivity index (χ4v) is 3.71. The number of esters is 1. The van der Waals surface area contributed by atoms with Gasteiger partial charge in [-0.2, -0.15) is 0 Å². The average Bonchev–Trinajstić information content (AvgIpc) is 2.85. The van der Waals surface area contributed by atoms with E-state index in [4.69, 9.17) is 4.74 Å². The van der Waals surface area contributed by atoms with Crippen molar-refractivity contribution in [1.82, 2.24) is 0 Å². The Morgan fingerprint density at radius 1 is 0.900 bits per heavy atom. The standard InChI is InChI=1S/C18H16O2/c19-17-11-15-16(20-17)10-13-8-4-5-9-14(13)18(15)12-6-2-1-3-7-12/h1-9,15-16,18H,10-11H2/t15-,16+,18-/m0/s1. The second-order valence-corrected chi connectivity index (χ2v) is 5.69. The Hall–Kier alpha value is -2.09. The number of carbonyl (C=O) groups excluding carboxylic acids is 1. The van der Waals surface area contributed by atoms with Crippen molar-refractivity contribution in [3.63, 3.8) is 0 Å². The molecule has 3 atom stereocenters. The quantitative estimate of drug-likeness (QED) is 0.739. The maximum absolute atomic E-state index is 11.7. The van der Waals surface area contributed by atoms with E-state index in [1.165, 1.54) is 16.7 Å². The number of benzene rings is 2. The van der Waals surface area contributed by atoms with Gasteiger partial charge < -0.3 is 4.74 Å². The lowest BCUT2D eigenvalue weighted by Gasteiger charge is -2.34. The second kappa shape index (κ2) is 4.48. The van der Waals surface area contributed by atoms with E-state index in [1.807, 2.05) is 6.07 Å². The molecular weight excluding hydrogens is 248 g/mol. The van der Waals surface area contributed by atoms with E-state index in [9.17, 15) is 4.79 Å². The Bertz CT molecular complexity index is 647.